The van der Waals surface area contributed by atoms with Crippen molar-refractivity contribution in [1.82, 2.24) is 15.1 Å². The Kier molecular flexibility index (Phi) is 17.9. The van der Waals surface area contributed by atoms with Crippen molar-refractivity contribution >= 4 is 23.5 Å². The monoisotopic (exact) mass is 466 g/mol. The lowest BCUT2D eigenvalue weighted by atomic mass is 10.2. The summed E-state index contributed by atoms with van der Waals surface area (Å²) < 4.78 is 4.26. The lowest BCUT2D eigenvalue weighted by Gasteiger charge is -2.32. The number of nitrogens with zero attached hydrogens (tertiary/aromatic N) is 3. The maximum absolute atomic E-state index is 12.1. The number of hydrogen-bond acceptors (Lipinski definition) is 8. The first-order valence-electron chi connectivity index (χ1n) is 10.7. The Labute approximate surface area is 198 Å². The van der Waals surface area contributed by atoms with Crippen molar-refractivity contribution in [3.05, 3.63) is 42.2 Å². The first-order chi connectivity index (χ1) is 15.3. The smallest absolute Gasteiger partial charge is 0.305 e. The summed E-state index contributed by atoms with van der Waals surface area (Å²) in [6.07, 6.45) is 3.30. The molecule has 1 aliphatic heterocycles. The highest BCUT2D eigenvalue weighted by Crippen LogP contribution is 2.12. The Hall–Kier alpha value is -3.11. The number of amides is 2. The van der Waals surface area contributed by atoms with Crippen molar-refractivity contribution in [3.8, 4) is 0 Å². The van der Waals surface area contributed by atoms with E-state index in [1.165, 1.54) is 24.5 Å². The standard InChI is InChI=1S/C16H24N6O2.C4H8O2.C2H6.CH4/c1-20-8-10-21(11-9-20)15(23)12-19-16(24)13-2-4-14(5-3-13)22(18)7-6-17;1-3-4(5)6-2;1-2;/h2-7H,8-12,17-18H2,1H3,(H,19,24);3H2,1-2H3;1-2H3;1H4/b7-6-;;;. The largest absolute Gasteiger partial charge is 0.469 e. The molecule has 1 heterocycles. The zero-order valence-corrected chi connectivity index (χ0v) is 19.8. The van der Waals surface area contributed by atoms with Gasteiger partial charge in [0.05, 0.1) is 19.3 Å². The lowest BCUT2D eigenvalue weighted by Crippen LogP contribution is -2.50. The molecule has 1 aromatic rings. The number of esters is 1. The highest BCUT2D eigenvalue weighted by Gasteiger charge is 2.19. The number of rotatable bonds is 6. The molecule has 1 saturated heterocycles. The Morgan fingerprint density at radius 1 is 1.12 bits per heavy atom. The van der Waals surface area contributed by atoms with Crippen LogP contribution in [0.1, 0.15) is 45.0 Å². The third-order valence-corrected chi connectivity index (χ3v) is 4.45. The van der Waals surface area contributed by atoms with E-state index in [1.807, 2.05) is 20.9 Å². The van der Waals surface area contributed by atoms with E-state index in [0.717, 1.165) is 13.1 Å². The predicted molar refractivity (Wildman–Crippen MR) is 133 cm³/mol. The molecule has 1 aromatic carbocycles. The normalized spacial score (nSPS) is 12.8. The van der Waals surface area contributed by atoms with Gasteiger partial charge in [-0.05, 0) is 31.3 Å². The number of hydrogen-bond donors (Lipinski definition) is 3. The Morgan fingerprint density at radius 2 is 1.67 bits per heavy atom. The van der Waals surface area contributed by atoms with Gasteiger partial charge in [0.15, 0.2) is 0 Å². The zero-order valence-electron chi connectivity index (χ0n) is 19.8. The fraction of sp³-hybridized carbons (Fsp3) is 0.522. The van der Waals surface area contributed by atoms with Crippen molar-refractivity contribution in [2.24, 2.45) is 11.6 Å². The van der Waals surface area contributed by atoms with Gasteiger partial charge in [0, 0.05) is 50.6 Å². The van der Waals surface area contributed by atoms with Crippen LogP contribution in [0, 0.1) is 0 Å². The second kappa shape index (κ2) is 18.5. The molecule has 5 N–H and O–H groups in total. The van der Waals surface area contributed by atoms with Gasteiger partial charge in [-0.3, -0.25) is 19.4 Å². The fourth-order valence-electron chi connectivity index (χ4n) is 2.53. The molecule has 33 heavy (non-hydrogen) atoms. The summed E-state index contributed by atoms with van der Waals surface area (Å²) in [6, 6.07) is 6.71. The van der Waals surface area contributed by atoms with Crippen molar-refractivity contribution < 1.29 is 19.1 Å². The van der Waals surface area contributed by atoms with E-state index in [4.69, 9.17) is 11.6 Å². The number of carbonyl (C=O) groups is 3. The maximum atomic E-state index is 12.1. The number of piperazine rings is 1. The van der Waals surface area contributed by atoms with Crippen LogP contribution < -0.4 is 21.9 Å². The van der Waals surface area contributed by atoms with Crippen molar-refractivity contribution in [1.29, 1.82) is 0 Å². The van der Waals surface area contributed by atoms with Gasteiger partial charge in [-0.2, -0.15) is 0 Å². The summed E-state index contributed by atoms with van der Waals surface area (Å²) in [6.45, 7) is 8.86. The minimum atomic E-state index is -0.290. The SMILES string of the molecule is C.CC.CCC(=O)OC.CN1CCN(C(=O)CNC(=O)c2ccc(N(N)/C=C\N)cc2)CC1. The number of carbonyl (C=O) groups excluding carboxylic acids is 3. The van der Waals surface area contributed by atoms with E-state index < -0.39 is 0 Å². The van der Waals surface area contributed by atoms with E-state index in [-0.39, 0.29) is 31.8 Å². The fourth-order valence-corrected chi connectivity index (χ4v) is 2.53. The van der Waals surface area contributed by atoms with Crippen LogP contribution >= 0.6 is 0 Å². The van der Waals surface area contributed by atoms with Crippen molar-refractivity contribution in [3.63, 3.8) is 0 Å². The van der Waals surface area contributed by atoms with E-state index in [0.29, 0.717) is 30.8 Å². The third kappa shape index (κ3) is 12.5. The molecule has 10 heteroatoms. The number of nitrogens with one attached hydrogen (secondary N) is 1. The van der Waals surface area contributed by atoms with Crippen LogP contribution in [0.2, 0.25) is 0 Å². The average molecular weight is 467 g/mol. The Morgan fingerprint density at radius 3 is 2.09 bits per heavy atom. The summed E-state index contributed by atoms with van der Waals surface area (Å²) in [5.74, 6) is 5.23. The molecule has 0 spiro atoms. The van der Waals surface area contributed by atoms with Crippen molar-refractivity contribution in [2.75, 3.05) is 51.9 Å². The molecule has 2 amide bonds. The topological polar surface area (TPSA) is 134 Å². The molecule has 0 aliphatic carbocycles. The van der Waals surface area contributed by atoms with Crippen LogP contribution in [-0.4, -0.2) is 74.5 Å². The number of anilines is 1. The van der Waals surface area contributed by atoms with E-state index in [2.05, 4.69) is 15.0 Å². The van der Waals surface area contributed by atoms with E-state index >= 15 is 0 Å². The number of likely N-dealkylation sites (N-methyl/N-ethyl adjacent to an activating group) is 1. The molecular weight excluding hydrogens is 424 g/mol. The summed E-state index contributed by atoms with van der Waals surface area (Å²) in [7, 11) is 3.41. The molecule has 1 aliphatic rings. The average Bonchev–Trinajstić information content (AvgIpc) is 2.84. The maximum Gasteiger partial charge on any atom is 0.305 e. The van der Waals surface area contributed by atoms with Crippen LogP contribution in [0.25, 0.3) is 0 Å². The first kappa shape index (κ1) is 32.1. The van der Waals surface area contributed by atoms with Gasteiger partial charge in [-0.15, -0.1) is 0 Å². The predicted octanol–water partition coefficient (Wildman–Crippen LogP) is 1.53. The second-order valence-corrected chi connectivity index (χ2v) is 6.59. The molecule has 188 valence electrons. The molecule has 0 saturated carbocycles. The van der Waals surface area contributed by atoms with Gasteiger partial charge >= 0.3 is 5.97 Å². The van der Waals surface area contributed by atoms with Gasteiger partial charge in [0.25, 0.3) is 5.91 Å². The molecule has 10 nitrogen and oxygen atoms in total. The Bertz CT molecular complexity index is 710. The van der Waals surface area contributed by atoms with Crippen molar-refractivity contribution in [2.45, 2.75) is 34.6 Å². The van der Waals surface area contributed by atoms with Gasteiger partial charge in [-0.25, -0.2) is 5.84 Å². The number of ether oxygens (including phenoxy) is 1. The molecule has 0 radical (unpaired) electrons. The van der Waals surface area contributed by atoms with E-state index in [1.54, 1.807) is 36.1 Å². The van der Waals surface area contributed by atoms with Gasteiger partial charge in [0.1, 0.15) is 0 Å². The molecule has 1 fully saturated rings. The van der Waals surface area contributed by atoms with Crippen LogP contribution in [0.3, 0.4) is 0 Å². The number of nitrogens with two attached hydrogens (primary N) is 2. The molecule has 0 atom stereocenters. The molecular formula is C23H42N6O4. The van der Waals surface area contributed by atoms with Crippen LogP contribution in [-0.2, 0) is 14.3 Å². The van der Waals surface area contributed by atoms with Gasteiger partial charge in [0.2, 0.25) is 5.91 Å². The molecule has 2 rings (SSSR count). The number of benzene rings is 1. The third-order valence-electron chi connectivity index (χ3n) is 4.45. The highest BCUT2D eigenvalue weighted by molar-refractivity contribution is 5.96. The Balaban J connectivity index is 0. The molecule has 0 unspecified atom stereocenters. The number of methoxy groups -OCH3 is 1. The van der Waals surface area contributed by atoms with Crippen LogP contribution in [0.4, 0.5) is 5.69 Å². The second-order valence-electron chi connectivity index (χ2n) is 6.59. The quantitative estimate of drug-likeness (QED) is 0.326. The molecule has 0 aromatic heterocycles. The van der Waals surface area contributed by atoms with Gasteiger partial charge in [-0.1, -0.05) is 28.2 Å². The van der Waals surface area contributed by atoms with Gasteiger partial charge < -0.3 is 25.6 Å². The van der Waals surface area contributed by atoms with E-state index in [9.17, 15) is 14.4 Å². The highest BCUT2D eigenvalue weighted by atomic mass is 16.5. The minimum absolute atomic E-state index is 0. The summed E-state index contributed by atoms with van der Waals surface area (Å²) >= 11 is 0. The van der Waals surface area contributed by atoms with Crippen LogP contribution in [0.5, 0.6) is 0 Å². The minimum Gasteiger partial charge on any atom is -0.469 e. The lowest BCUT2D eigenvalue weighted by molar-refractivity contribution is -0.140. The summed E-state index contributed by atoms with van der Waals surface area (Å²) in [5.41, 5.74) is 6.44. The summed E-state index contributed by atoms with van der Waals surface area (Å²) in [5, 5.41) is 4.00. The summed E-state index contributed by atoms with van der Waals surface area (Å²) in [4.78, 5) is 38.1. The molecule has 0 bridgehead atoms. The first-order valence-corrected chi connectivity index (χ1v) is 10.7. The van der Waals surface area contributed by atoms with Crippen LogP contribution in [0.15, 0.2) is 36.7 Å². The number of hydrazine groups is 1. The zero-order chi connectivity index (χ0) is 24.5.